The molecule has 0 aromatic carbocycles. The van der Waals surface area contributed by atoms with Gasteiger partial charge in [-0.15, -0.1) is 0 Å². The Hall–Kier alpha value is -2.03. The van der Waals surface area contributed by atoms with Crippen molar-refractivity contribution in [2.45, 2.75) is 19.9 Å². The number of nitrogens with two attached hydrogens (primary N) is 1. The van der Waals surface area contributed by atoms with Crippen LogP contribution in [-0.2, 0) is 13.0 Å². The van der Waals surface area contributed by atoms with Crippen molar-refractivity contribution in [3.05, 3.63) is 65.8 Å². The highest BCUT2D eigenvalue weighted by atomic mass is 15.1. The van der Waals surface area contributed by atoms with Gasteiger partial charge in [-0.1, -0.05) is 6.58 Å². The lowest BCUT2D eigenvalue weighted by Gasteiger charge is -2.31. The van der Waals surface area contributed by atoms with Crippen molar-refractivity contribution >= 4 is 0 Å². The molecule has 1 aromatic rings. The van der Waals surface area contributed by atoms with E-state index in [1.54, 1.807) is 0 Å². The molecule has 0 saturated carbocycles. The van der Waals surface area contributed by atoms with Gasteiger partial charge in [-0.2, -0.15) is 0 Å². The van der Waals surface area contributed by atoms with E-state index in [0.29, 0.717) is 0 Å². The number of nitrogens with zero attached hydrogens (tertiary/aromatic N) is 2. The van der Waals surface area contributed by atoms with Crippen molar-refractivity contribution in [2.24, 2.45) is 5.73 Å². The Balaban J connectivity index is 2.19. The Kier molecular flexibility index (Phi) is 3.82. The topological polar surface area (TPSA) is 42.1 Å². The van der Waals surface area contributed by atoms with Crippen LogP contribution >= 0.6 is 0 Å². The zero-order chi connectivity index (χ0) is 13.0. The minimum absolute atomic E-state index is 0.799. The number of allylic oxidation sites excluding steroid dienone is 4. The van der Waals surface area contributed by atoms with Crippen LogP contribution in [0.25, 0.3) is 0 Å². The minimum atomic E-state index is 0.799. The quantitative estimate of drug-likeness (QED) is 0.826. The van der Waals surface area contributed by atoms with Crippen LogP contribution in [0.2, 0.25) is 0 Å². The first-order chi connectivity index (χ1) is 8.70. The summed E-state index contributed by atoms with van der Waals surface area (Å²) in [5.41, 5.74) is 10.3. The van der Waals surface area contributed by atoms with Crippen LogP contribution < -0.4 is 5.73 Å². The van der Waals surface area contributed by atoms with E-state index in [0.717, 1.165) is 30.9 Å². The predicted molar refractivity (Wildman–Crippen MR) is 74.6 cm³/mol. The highest BCUT2D eigenvalue weighted by Gasteiger charge is 2.16. The normalized spacial score (nSPS) is 16.4. The summed E-state index contributed by atoms with van der Waals surface area (Å²) >= 11 is 0. The maximum atomic E-state index is 5.66. The summed E-state index contributed by atoms with van der Waals surface area (Å²) in [5.74, 6) is 0. The van der Waals surface area contributed by atoms with Gasteiger partial charge in [0.1, 0.15) is 0 Å². The van der Waals surface area contributed by atoms with E-state index in [-0.39, 0.29) is 0 Å². The second kappa shape index (κ2) is 5.54. The van der Waals surface area contributed by atoms with E-state index in [2.05, 4.69) is 22.5 Å². The molecule has 0 fully saturated rings. The number of hydrogen-bond acceptors (Lipinski definition) is 3. The summed E-state index contributed by atoms with van der Waals surface area (Å²) in [5, 5.41) is 0. The molecule has 0 atom stereocenters. The third kappa shape index (κ3) is 2.80. The zero-order valence-corrected chi connectivity index (χ0v) is 10.8. The third-order valence-corrected chi connectivity index (χ3v) is 3.11. The number of hydrogen-bond donors (Lipinski definition) is 1. The first-order valence-corrected chi connectivity index (χ1v) is 6.14. The summed E-state index contributed by atoms with van der Waals surface area (Å²) in [6, 6.07) is 2.11. The van der Waals surface area contributed by atoms with Gasteiger partial charge in [0, 0.05) is 36.9 Å². The molecule has 0 aliphatic carbocycles. The van der Waals surface area contributed by atoms with Crippen molar-refractivity contribution in [3.63, 3.8) is 0 Å². The first kappa shape index (κ1) is 12.4. The van der Waals surface area contributed by atoms with Gasteiger partial charge in [0.25, 0.3) is 0 Å². The van der Waals surface area contributed by atoms with E-state index in [4.69, 9.17) is 5.73 Å². The van der Waals surface area contributed by atoms with Crippen molar-refractivity contribution in [1.82, 2.24) is 9.88 Å². The maximum absolute atomic E-state index is 5.66. The lowest BCUT2D eigenvalue weighted by Crippen LogP contribution is -2.29. The average molecular weight is 241 g/mol. The van der Waals surface area contributed by atoms with Gasteiger partial charge < -0.3 is 10.6 Å². The average Bonchev–Trinajstić information content (AvgIpc) is 2.39. The molecule has 1 aliphatic rings. The number of aromatic nitrogens is 1. The van der Waals surface area contributed by atoms with Gasteiger partial charge in [-0.05, 0) is 48.8 Å². The molecular formula is C15H19N3. The lowest BCUT2D eigenvalue weighted by atomic mass is 10.0. The molecule has 0 amide bonds. The van der Waals surface area contributed by atoms with Gasteiger partial charge in [0.2, 0.25) is 0 Å². The van der Waals surface area contributed by atoms with Crippen LogP contribution in [0.5, 0.6) is 0 Å². The van der Waals surface area contributed by atoms with Gasteiger partial charge in [0.15, 0.2) is 0 Å². The highest BCUT2D eigenvalue weighted by molar-refractivity contribution is 5.30. The molecule has 3 heteroatoms. The smallest absolute Gasteiger partial charge is 0.0447 e. The highest BCUT2D eigenvalue weighted by Crippen LogP contribution is 2.21. The molecule has 0 saturated heterocycles. The van der Waals surface area contributed by atoms with E-state index >= 15 is 0 Å². The van der Waals surface area contributed by atoms with Gasteiger partial charge in [-0.25, -0.2) is 0 Å². The SMILES string of the molecule is C=C/C(=C\C=C(/C)N)N1CCc2ccncc2C1. The molecule has 18 heavy (non-hydrogen) atoms. The summed E-state index contributed by atoms with van der Waals surface area (Å²) in [6.07, 6.45) is 10.7. The lowest BCUT2D eigenvalue weighted by molar-refractivity contribution is 0.331. The Morgan fingerprint density at radius 2 is 2.28 bits per heavy atom. The van der Waals surface area contributed by atoms with E-state index in [9.17, 15) is 0 Å². The Morgan fingerprint density at radius 3 is 3.00 bits per heavy atom. The molecule has 0 bridgehead atoms. The molecule has 1 aromatic heterocycles. The fraction of sp³-hybridized carbons (Fsp3) is 0.267. The maximum Gasteiger partial charge on any atom is 0.0447 e. The fourth-order valence-corrected chi connectivity index (χ4v) is 2.12. The molecule has 94 valence electrons. The molecular weight excluding hydrogens is 222 g/mol. The summed E-state index contributed by atoms with van der Waals surface area (Å²) in [7, 11) is 0. The second-order valence-corrected chi connectivity index (χ2v) is 4.52. The van der Waals surface area contributed by atoms with Crippen molar-refractivity contribution in [3.8, 4) is 0 Å². The molecule has 0 unspecified atom stereocenters. The van der Waals surface area contributed by atoms with Crippen LogP contribution in [0, 0.1) is 0 Å². The molecule has 2 N–H and O–H groups in total. The van der Waals surface area contributed by atoms with Crippen LogP contribution in [0.4, 0.5) is 0 Å². The number of pyridine rings is 1. The number of fused-ring (bicyclic) bond motifs is 1. The summed E-state index contributed by atoms with van der Waals surface area (Å²) < 4.78 is 0. The van der Waals surface area contributed by atoms with Crippen LogP contribution in [0.3, 0.4) is 0 Å². The Bertz CT molecular complexity index is 496. The first-order valence-electron chi connectivity index (χ1n) is 6.14. The van der Waals surface area contributed by atoms with E-state index in [1.807, 2.05) is 37.5 Å². The van der Waals surface area contributed by atoms with Crippen molar-refractivity contribution < 1.29 is 0 Å². The second-order valence-electron chi connectivity index (χ2n) is 4.52. The molecule has 0 radical (unpaired) electrons. The Labute approximate surface area is 108 Å². The summed E-state index contributed by atoms with van der Waals surface area (Å²) in [6.45, 7) is 7.65. The monoisotopic (exact) mass is 241 g/mol. The van der Waals surface area contributed by atoms with Crippen LogP contribution in [0.15, 0.2) is 54.7 Å². The summed E-state index contributed by atoms with van der Waals surface area (Å²) in [4.78, 5) is 6.49. The van der Waals surface area contributed by atoms with Gasteiger partial charge in [0.05, 0.1) is 0 Å². The predicted octanol–water partition coefficient (Wildman–Crippen LogP) is 2.37. The van der Waals surface area contributed by atoms with Crippen LogP contribution in [0.1, 0.15) is 18.1 Å². The molecule has 2 heterocycles. The minimum Gasteiger partial charge on any atom is -0.402 e. The van der Waals surface area contributed by atoms with Crippen LogP contribution in [-0.4, -0.2) is 16.4 Å². The standard InChI is InChI=1S/C15H19N3/c1-3-15(5-4-12(2)16)18-9-7-13-6-8-17-10-14(13)11-18/h3-6,8,10H,1,7,9,11,16H2,2H3/b12-4+,15-5+. The molecule has 2 rings (SSSR count). The largest absolute Gasteiger partial charge is 0.402 e. The number of rotatable bonds is 3. The van der Waals surface area contributed by atoms with E-state index in [1.165, 1.54) is 11.1 Å². The van der Waals surface area contributed by atoms with E-state index < -0.39 is 0 Å². The molecule has 0 spiro atoms. The molecule has 3 nitrogen and oxygen atoms in total. The van der Waals surface area contributed by atoms with Crippen molar-refractivity contribution in [1.29, 1.82) is 0 Å². The third-order valence-electron chi connectivity index (χ3n) is 3.11. The molecule has 1 aliphatic heterocycles. The Morgan fingerprint density at radius 1 is 1.44 bits per heavy atom. The van der Waals surface area contributed by atoms with Gasteiger partial charge in [-0.3, -0.25) is 4.98 Å². The zero-order valence-electron chi connectivity index (χ0n) is 10.8. The van der Waals surface area contributed by atoms with Gasteiger partial charge >= 0.3 is 0 Å². The fourth-order valence-electron chi connectivity index (χ4n) is 2.12. The van der Waals surface area contributed by atoms with Crippen molar-refractivity contribution in [2.75, 3.05) is 6.54 Å².